The highest BCUT2D eigenvalue weighted by molar-refractivity contribution is 6.43. The third-order valence-electron chi connectivity index (χ3n) is 4.52. The molecule has 2 heterocycles. The molecule has 1 saturated heterocycles. The molecule has 4 rings (SSSR count). The lowest BCUT2D eigenvalue weighted by Gasteiger charge is -2.27. The lowest BCUT2D eigenvalue weighted by Crippen LogP contribution is -2.54. The van der Waals surface area contributed by atoms with Crippen molar-refractivity contribution >= 4 is 40.8 Å². The van der Waals surface area contributed by atoms with Gasteiger partial charge in [-0.1, -0.05) is 23.8 Å². The minimum absolute atomic E-state index is 0.0242. The highest BCUT2D eigenvalue weighted by Crippen LogP contribution is 2.22. The maximum Gasteiger partial charge on any atom is 0.414 e. The Morgan fingerprint density at radius 3 is 2.66 bits per heavy atom. The Balaban J connectivity index is 1.48. The van der Waals surface area contributed by atoms with Crippen molar-refractivity contribution in [3.05, 3.63) is 54.1 Å². The summed E-state index contributed by atoms with van der Waals surface area (Å²) in [4.78, 5) is 42.1. The van der Waals surface area contributed by atoms with Crippen LogP contribution in [0.3, 0.4) is 0 Å². The molecule has 0 aromatic heterocycles. The van der Waals surface area contributed by atoms with Crippen molar-refractivity contribution in [2.24, 2.45) is 4.99 Å². The maximum atomic E-state index is 12.7. The number of hydrazine groups is 1. The molecule has 29 heavy (non-hydrogen) atoms. The second-order valence-corrected chi connectivity index (χ2v) is 6.61. The normalized spacial score (nSPS) is 16.2. The van der Waals surface area contributed by atoms with Crippen LogP contribution >= 0.6 is 0 Å². The number of benzene rings is 2. The summed E-state index contributed by atoms with van der Waals surface area (Å²) >= 11 is 0. The van der Waals surface area contributed by atoms with Gasteiger partial charge < -0.3 is 10.1 Å². The molecular weight excluding hydrogens is 374 g/mol. The summed E-state index contributed by atoms with van der Waals surface area (Å²) in [5.74, 6) is -0.730. The third kappa shape index (κ3) is 3.88. The molecule has 148 valence electrons. The predicted molar refractivity (Wildman–Crippen MR) is 108 cm³/mol. The number of carbonyl (C=O) groups is 3. The molecule has 9 heteroatoms. The quantitative estimate of drug-likeness (QED) is 0.825. The molecule has 2 aliphatic rings. The van der Waals surface area contributed by atoms with E-state index in [0.29, 0.717) is 30.2 Å². The molecule has 0 aliphatic carbocycles. The Labute approximate surface area is 166 Å². The monoisotopic (exact) mass is 393 g/mol. The van der Waals surface area contributed by atoms with Crippen molar-refractivity contribution in [1.82, 2.24) is 5.43 Å². The van der Waals surface area contributed by atoms with Crippen molar-refractivity contribution < 1.29 is 19.1 Å². The lowest BCUT2D eigenvalue weighted by molar-refractivity contribution is -0.118. The molecule has 2 N–H and O–H groups in total. The number of carbonyl (C=O) groups excluding carboxylic acids is 3. The molecule has 2 aromatic carbocycles. The lowest BCUT2D eigenvalue weighted by atomic mass is 10.2. The molecule has 2 aliphatic heterocycles. The predicted octanol–water partition coefficient (Wildman–Crippen LogP) is 1.84. The summed E-state index contributed by atoms with van der Waals surface area (Å²) in [6.07, 6.45) is -0.418. The van der Waals surface area contributed by atoms with Gasteiger partial charge in [-0.2, -0.15) is 0 Å². The summed E-state index contributed by atoms with van der Waals surface area (Å²) in [5.41, 5.74) is 5.58. The summed E-state index contributed by atoms with van der Waals surface area (Å²) in [5, 5.41) is 4.04. The average molecular weight is 393 g/mol. The first kappa shape index (κ1) is 18.5. The van der Waals surface area contributed by atoms with Crippen LogP contribution in [-0.2, 0) is 14.3 Å². The molecule has 0 atom stereocenters. The van der Waals surface area contributed by atoms with E-state index in [1.54, 1.807) is 36.4 Å². The molecule has 0 radical (unpaired) electrons. The molecule has 0 saturated carbocycles. The number of hydrogen-bond acceptors (Lipinski definition) is 6. The smallest absolute Gasteiger partial charge is 0.414 e. The summed E-state index contributed by atoms with van der Waals surface area (Å²) < 4.78 is 4.94. The third-order valence-corrected chi connectivity index (χ3v) is 4.52. The van der Waals surface area contributed by atoms with Gasteiger partial charge in [0.1, 0.15) is 13.2 Å². The Morgan fingerprint density at radius 1 is 1.14 bits per heavy atom. The Bertz CT molecular complexity index is 1000. The van der Waals surface area contributed by atoms with Gasteiger partial charge in [-0.05, 0) is 37.3 Å². The zero-order valence-electron chi connectivity index (χ0n) is 15.7. The van der Waals surface area contributed by atoms with E-state index in [0.717, 1.165) is 5.56 Å². The minimum Gasteiger partial charge on any atom is -0.447 e. The number of ether oxygens (including phenoxy) is 1. The summed E-state index contributed by atoms with van der Waals surface area (Å²) in [6, 6.07) is 14.2. The van der Waals surface area contributed by atoms with Gasteiger partial charge in [-0.3, -0.25) is 24.9 Å². The fraction of sp³-hybridized carbons (Fsp3) is 0.200. The molecule has 1 fully saturated rings. The van der Waals surface area contributed by atoms with E-state index < -0.39 is 12.0 Å². The molecule has 0 bridgehead atoms. The molecule has 0 unspecified atom stereocenters. The van der Waals surface area contributed by atoms with Gasteiger partial charge in [-0.25, -0.2) is 9.80 Å². The van der Waals surface area contributed by atoms with E-state index in [-0.39, 0.29) is 18.3 Å². The number of amides is 3. The van der Waals surface area contributed by atoms with Crippen molar-refractivity contribution in [3.8, 4) is 0 Å². The molecule has 2 aromatic rings. The van der Waals surface area contributed by atoms with Crippen molar-refractivity contribution in [1.29, 1.82) is 0 Å². The van der Waals surface area contributed by atoms with E-state index in [1.165, 1.54) is 9.91 Å². The van der Waals surface area contributed by atoms with Crippen LogP contribution in [0.15, 0.2) is 53.5 Å². The van der Waals surface area contributed by atoms with E-state index >= 15 is 0 Å². The average Bonchev–Trinajstić information content (AvgIpc) is 3.15. The standard InChI is InChI=1S/C20H19N5O4/c1-13-5-7-15(8-6-13)25-17(26)12-21-18(23-25)19(27)22-14-3-2-4-16(11-14)24-9-10-29-20(24)28/h2-8,11H,9-10,12H2,1H3,(H,21,23)(H,22,27). The second-order valence-electron chi connectivity index (χ2n) is 6.61. The largest absolute Gasteiger partial charge is 0.447 e. The fourth-order valence-corrected chi connectivity index (χ4v) is 3.02. The van der Waals surface area contributed by atoms with Crippen LogP contribution < -0.4 is 20.7 Å². The first-order valence-corrected chi connectivity index (χ1v) is 9.08. The number of aliphatic imine (C=N–C) groups is 1. The van der Waals surface area contributed by atoms with E-state index in [4.69, 9.17) is 4.74 Å². The van der Waals surface area contributed by atoms with Crippen LogP contribution in [0.2, 0.25) is 0 Å². The first-order chi connectivity index (χ1) is 14.0. The zero-order valence-corrected chi connectivity index (χ0v) is 15.7. The Kier molecular flexibility index (Phi) is 4.86. The molecule has 9 nitrogen and oxygen atoms in total. The van der Waals surface area contributed by atoms with Gasteiger partial charge in [0.2, 0.25) is 5.84 Å². The highest BCUT2D eigenvalue weighted by Gasteiger charge is 2.26. The molecule has 3 amide bonds. The number of nitrogens with one attached hydrogen (secondary N) is 2. The molecular formula is C20H19N5O4. The number of anilines is 3. The Morgan fingerprint density at radius 2 is 1.93 bits per heavy atom. The maximum absolute atomic E-state index is 12.7. The van der Waals surface area contributed by atoms with E-state index in [2.05, 4.69) is 15.7 Å². The van der Waals surface area contributed by atoms with Crippen molar-refractivity contribution in [2.75, 3.05) is 34.9 Å². The van der Waals surface area contributed by atoms with Crippen molar-refractivity contribution in [3.63, 3.8) is 0 Å². The number of nitrogens with zero attached hydrogens (tertiary/aromatic N) is 3. The van der Waals surface area contributed by atoms with Gasteiger partial charge in [0.05, 0.1) is 12.2 Å². The SMILES string of the molecule is Cc1ccc(N2NC(C(=O)Nc3cccc(N4CCOC4=O)c3)=NCC2=O)cc1. The minimum atomic E-state index is -0.490. The topological polar surface area (TPSA) is 103 Å². The van der Waals surface area contributed by atoms with Gasteiger partial charge >= 0.3 is 6.09 Å². The number of rotatable bonds is 4. The van der Waals surface area contributed by atoms with Gasteiger partial charge in [0.25, 0.3) is 11.8 Å². The van der Waals surface area contributed by atoms with Gasteiger partial charge in [0, 0.05) is 11.4 Å². The number of amidine groups is 1. The van der Waals surface area contributed by atoms with E-state index in [9.17, 15) is 14.4 Å². The number of aryl methyl sites for hydroxylation is 1. The van der Waals surface area contributed by atoms with E-state index in [1.807, 2.05) is 19.1 Å². The van der Waals surface area contributed by atoms with Crippen LogP contribution in [0.1, 0.15) is 5.56 Å². The highest BCUT2D eigenvalue weighted by atomic mass is 16.6. The van der Waals surface area contributed by atoms with Gasteiger partial charge in [-0.15, -0.1) is 0 Å². The van der Waals surface area contributed by atoms with Crippen molar-refractivity contribution in [2.45, 2.75) is 6.92 Å². The zero-order chi connectivity index (χ0) is 20.4. The fourth-order valence-electron chi connectivity index (χ4n) is 3.02. The first-order valence-electron chi connectivity index (χ1n) is 9.08. The van der Waals surface area contributed by atoms with Crippen LogP contribution in [0.25, 0.3) is 0 Å². The second kappa shape index (κ2) is 7.63. The Hall–Kier alpha value is -3.88. The number of hydrogen-bond donors (Lipinski definition) is 2. The summed E-state index contributed by atoms with van der Waals surface area (Å²) in [7, 11) is 0. The number of cyclic esters (lactones) is 1. The van der Waals surface area contributed by atoms with Crippen LogP contribution in [0.4, 0.5) is 21.9 Å². The molecule has 0 spiro atoms. The van der Waals surface area contributed by atoms with Gasteiger partial charge in [0.15, 0.2) is 0 Å². The van der Waals surface area contributed by atoms with Crippen LogP contribution in [0, 0.1) is 6.92 Å². The van der Waals surface area contributed by atoms with Crippen LogP contribution in [-0.4, -0.2) is 43.4 Å². The summed E-state index contributed by atoms with van der Waals surface area (Å²) in [6.45, 7) is 2.60. The van der Waals surface area contributed by atoms with Crippen LogP contribution in [0.5, 0.6) is 0 Å².